The Morgan fingerprint density at radius 3 is 2.50 bits per heavy atom. The van der Waals surface area contributed by atoms with E-state index < -0.39 is 0 Å². The summed E-state index contributed by atoms with van der Waals surface area (Å²) in [5.74, 6) is 0.964. The highest BCUT2D eigenvalue weighted by Crippen LogP contribution is 2.09. The van der Waals surface area contributed by atoms with Gasteiger partial charge in [-0.05, 0) is 25.6 Å². The van der Waals surface area contributed by atoms with E-state index in [1.54, 1.807) is 7.11 Å². The second kappa shape index (κ2) is 6.92. The van der Waals surface area contributed by atoms with E-state index in [-0.39, 0.29) is 0 Å². The number of ether oxygens (including phenoxy) is 1. The first-order valence-electron chi connectivity index (χ1n) is 4.46. The lowest BCUT2D eigenvalue weighted by Crippen LogP contribution is -2.23. The number of nitrogens with one attached hydrogen (secondary N) is 1. The Morgan fingerprint density at radius 2 is 2.17 bits per heavy atom. The molecule has 0 bridgehead atoms. The molecule has 2 nitrogen and oxygen atoms in total. The van der Waals surface area contributed by atoms with Crippen LogP contribution in [0.25, 0.3) is 0 Å². The number of hydrogen-bond acceptors (Lipinski definition) is 2. The Bertz CT molecular complexity index is 161. The van der Waals surface area contributed by atoms with Crippen molar-refractivity contribution in [1.29, 1.82) is 0 Å². The lowest BCUT2D eigenvalue weighted by Gasteiger charge is -2.13. The Morgan fingerprint density at radius 1 is 1.50 bits per heavy atom. The van der Waals surface area contributed by atoms with E-state index in [4.69, 9.17) is 4.74 Å². The van der Waals surface area contributed by atoms with Crippen LogP contribution in [-0.4, -0.2) is 20.2 Å². The third-order valence-electron chi connectivity index (χ3n) is 1.67. The zero-order chi connectivity index (χ0) is 9.40. The predicted molar refractivity (Wildman–Crippen MR) is 53.0 cm³/mol. The average molecular weight is 169 g/mol. The van der Waals surface area contributed by atoms with Gasteiger partial charge in [-0.1, -0.05) is 19.9 Å². The molecule has 1 unspecified atom stereocenters. The topological polar surface area (TPSA) is 21.3 Å². The van der Waals surface area contributed by atoms with Gasteiger partial charge in [-0.3, -0.25) is 0 Å². The van der Waals surface area contributed by atoms with E-state index >= 15 is 0 Å². The molecule has 1 aliphatic carbocycles. The molecule has 1 N–H and O–H groups in total. The van der Waals surface area contributed by atoms with Crippen LogP contribution in [0.1, 0.15) is 20.3 Å². The summed E-state index contributed by atoms with van der Waals surface area (Å²) in [6.07, 6.45) is 7.21. The number of methoxy groups -OCH3 is 1. The number of rotatable bonds is 2. The van der Waals surface area contributed by atoms with E-state index in [9.17, 15) is 0 Å². The number of hydrogen-bond donors (Lipinski definition) is 1. The van der Waals surface area contributed by atoms with Crippen LogP contribution >= 0.6 is 0 Å². The largest absolute Gasteiger partial charge is 0.497 e. The van der Waals surface area contributed by atoms with Gasteiger partial charge in [0.1, 0.15) is 5.76 Å². The Balaban J connectivity index is 0.000000561. The molecule has 0 aromatic heterocycles. The SMILES string of the molecule is CC.CNC1C=CC(OC)=CC1. The first-order chi connectivity index (χ1) is 5.86. The van der Waals surface area contributed by atoms with Crippen LogP contribution in [0.3, 0.4) is 0 Å². The summed E-state index contributed by atoms with van der Waals surface area (Å²) in [5, 5.41) is 3.16. The van der Waals surface area contributed by atoms with Gasteiger partial charge in [0.25, 0.3) is 0 Å². The van der Waals surface area contributed by atoms with Crippen molar-refractivity contribution in [1.82, 2.24) is 5.32 Å². The molecule has 0 saturated carbocycles. The van der Waals surface area contributed by atoms with Crippen LogP contribution in [0.2, 0.25) is 0 Å². The minimum Gasteiger partial charge on any atom is -0.497 e. The molecule has 0 aromatic carbocycles. The Labute approximate surface area is 75.3 Å². The smallest absolute Gasteiger partial charge is 0.114 e. The Hall–Kier alpha value is -0.760. The molecule has 0 spiro atoms. The summed E-state index contributed by atoms with van der Waals surface area (Å²) in [7, 11) is 3.65. The van der Waals surface area contributed by atoms with Crippen molar-refractivity contribution >= 4 is 0 Å². The highest BCUT2D eigenvalue weighted by atomic mass is 16.5. The van der Waals surface area contributed by atoms with Crippen molar-refractivity contribution in [3.63, 3.8) is 0 Å². The van der Waals surface area contributed by atoms with Crippen LogP contribution in [0.4, 0.5) is 0 Å². The fraction of sp³-hybridized carbons (Fsp3) is 0.600. The molecule has 0 radical (unpaired) electrons. The van der Waals surface area contributed by atoms with Gasteiger partial charge in [0, 0.05) is 6.04 Å². The molecule has 0 aliphatic heterocycles. The highest BCUT2D eigenvalue weighted by Gasteiger charge is 2.04. The molecule has 1 atom stereocenters. The van der Waals surface area contributed by atoms with Gasteiger partial charge in [0.15, 0.2) is 0 Å². The maximum absolute atomic E-state index is 5.03. The third-order valence-corrected chi connectivity index (χ3v) is 1.67. The average Bonchev–Trinajstić information content (AvgIpc) is 2.21. The van der Waals surface area contributed by atoms with Gasteiger partial charge in [-0.15, -0.1) is 0 Å². The van der Waals surface area contributed by atoms with E-state index in [2.05, 4.69) is 17.5 Å². The summed E-state index contributed by atoms with van der Waals surface area (Å²) in [5.41, 5.74) is 0. The number of likely N-dealkylation sites (N-methyl/N-ethyl adjacent to an activating group) is 1. The van der Waals surface area contributed by atoms with Gasteiger partial charge in [-0.25, -0.2) is 0 Å². The Kier molecular flexibility index (Phi) is 6.48. The van der Waals surface area contributed by atoms with Gasteiger partial charge in [0.05, 0.1) is 7.11 Å². The standard InChI is InChI=1S/C8H13NO.C2H6/c1-9-7-3-5-8(10-2)6-4-7;1-2/h3,5-7,9H,4H2,1-2H3;1-2H3. The quantitative estimate of drug-likeness (QED) is 0.683. The molecule has 2 heteroatoms. The second-order valence-corrected chi connectivity index (χ2v) is 2.30. The second-order valence-electron chi connectivity index (χ2n) is 2.30. The van der Waals surface area contributed by atoms with E-state index in [0.29, 0.717) is 6.04 Å². The van der Waals surface area contributed by atoms with Crippen molar-refractivity contribution in [2.45, 2.75) is 26.3 Å². The van der Waals surface area contributed by atoms with Crippen LogP contribution in [0.15, 0.2) is 24.0 Å². The molecular weight excluding hydrogens is 150 g/mol. The van der Waals surface area contributed by atoms with E-state index in [0.717, 1.165) is 12.2 Å². The molecule has 0 fully saturated rings. The summed E-state index contributed by atoms with van der Waals surface area (Å²) < 4.78 is 5.03. The van der Waals surface area contributed by atoms with Crippen LogP contribution in [-0.2, 0) is 4.74 Å². The molecule has 0 aromatic rings. The molecule has 0 heterocycles. The normalized spacial score (nSPS) is 20.7. The van der Waals surface area contributed by atoms with Crippen LogP contribution in [0.5, 0.6) is 0 Å². The zero-order valence-corrected chi connectivity index (χ0v) is 8.42. The lowest BCUT2D eigenvalue weighted by atomic mass is 10.1. The summed E-state index contributed by atoms with van der Waals surface area (Å²) >= 11 is 0. The summed E-state index contributed by atoms with van der Waals surface area (Å²) in [6.45, 7) is 4.00. The minimum absolute atomic E-state index is 0.485. The molecule has 0 saturated heterocycles. The van der Waals surface area contributed by atoms with Crippen molar-refractivity contribution in [2.24, 2.45) is 0 Å². The molecule has 0 amide bonds. The lowest BCUT2D eigenvalue weighted by molar-refractivity contribution is 0.302. The maximum Gasteiger partial charge on any atom is 0.114 e. The summed E-state index contributed by atoms with van der Waals surface area (Å²) in [4.78, 5) is 0. The van der Waals surface area contributed by atoms with Crippen molar-refractivity contribution in [3.05, 3.63) is 24.0 Å². The van der Waals surface area contributed by atoms with Crippen molar-refractivity contribution < 1.29 is 4.74 Å². The molecule has 12 heavy (non-hydrogen) atoms. The first-order valence-corrected chi connectivity index (χ1v) is 4.46. The number of allylic oxidation sites excluding steroid dienone is 1. The van der Waals surface area contributed by atoms with Crippen molar-refractivity contribution in [2.75, 3.05) is 14.2 Å². The first kappa shape index (κ1) is 11.2. The van der Waals surface area contributed by atoms with Gasteiger partial charge >= 0.3 is 0 Å². The fourth-order valence-corrected chi connectivity index (χ4v) is 0.966. The van der Waals surface area contributed by atoms with E-state index in [1.165, 1.54) is 0 Å². The van der Waals surface area contributed by atoms with Crippen molar-refractivity contribution in [3.8, 4) is 0 Å². The zero-order valence-electron chi connectivity index (χ0n) is 8.42. The molecule has 70 valence electrons. The monoisotopic (exact) mass is 169 g/mol. The van der Waals surface area contributed by atoms with Gasteiger partial charge < -0.3 is 10.1 Å². The fourth-order valence-electron chi connectivity index (χ4n) is 0.966. The predicted octanol–water partition coefficient (Wildman–Crippen LogP) is 2.09. The van der Waals surface area contributed by atoms with Gasteiger partial charge in [0.2, 0.25) is 0 Å². The van der Waals surface area contributed by atoms with Crippen LogP contribution < -0.4 is 5.32 Å². The highest BCUT2D eigenvalue weighted by molar-refractivity contribution is 5.19. The maximum atomic E-state index is 5.03. The van der Waals surface area contributed by atoms with Gasteiger partial charge in [-0.2, -0.15) is 0 Å². The molecule has 1 rings (SSSR count). The molecule has 1 aliphatic rings. The molecular formula is C10H19NO. The van der Waals surface area contributed by atoms with E-state index in [1.807, 2.05) is 27.0 Å². The third kappa shape index (κ3) is 3.58. The van der Waals surface area contributed by atoms with Crippen LogP contribution in [0, 0.1) is 0 Å². The summed E-state index contributed by atoms with van der Waals surface area (Å²) in [6, 6.07) is 0.485. The minimum atomic E-state index is 0.485.